The summed E-state index contributed by atoms with van der Waals surface area (Å²) in [6.07, 6.45) is 2.79. The van der Waals surface area contributed by atoms with Gasteiger partial charge in [-0.2, -0.15) is 0 Å². The molecule has 0 saturated carbocycles. The van der Waals surface area contributed by atoms with Crippen LogP contribution in [0.1, 0.15) is 11.1 Å². The summed E-state index contributed by atoms with van der Waals surface area (Å²) in [5.41, 5.74) is 0.813. The van der Waals surface area contributed by atoms with E-state index in [1.54, 1.807) is 36.4 Å². The lowest BCUT2D eigenvalue weighted by molar-refractivity contribution is -0.124. The SMILES string of the molecule is COc1cc(C=C2C(=O)NC(=S)NC2=O)ccc1OCOc1ccc(C=C2C(=O)NC(=S)NC2=O)cc1OC. The molecule has 2 saturated heterocycles. The Kier molecular flexibility index (Phi) is 8.17. The van der Waals surface area contributed by atoms with E-state index in [9.17, 15) is 19.2 Å². The number of hydrogen-bond donors (Lipinski definition) is 4. The maximum atomic E-state index is 12.1. The zero-order valence-electron chi connectivity index (χ0n) is 20.4. The standard InChI is InChI=1S/C25H20N4O8S2/c1-34-18-9-12(7-14-20(30)26-24(38)27-21(14)31)3-5-16(18)36-11-37-17-6-4-13(10-19(17)35-2)8-15-22(32)28-25(39)29-23(15)33/h3-10H,11H2,1-2H3,(H2,26,27,30,31,38)(H2,28,29,32,33,39). The Morgan fingerprint density at radius 1 is 0.615 bits per heavy atom. The van der Waals surface area contributed by atoms with E-state index in [0.29, 0.717) is 34.1 Å². The van der Waals surface area contributed by atoms with Crippen molar-refractivity contribution in [2.75, 3.05) is 21.0 Å². The molecule has 2 fully saturated rings. The van der Waals surface area contributed by atoms with Gasteiger partial charge in [0.1, 0.15) is 11.1 Å². The molecule has 14 heteroatoms. The van der Waals surface area contributed by atoms with Crippen molar-refractivity contribution in [1.29, 1.82) is 0 Å². The second-order valence-electron chi connectivity index (χ2n) is 7.82. The van der Waals surface area contributed by atoms with Crippen LogP contribution in [0.2, 0.25) is 0 Å². The van der Waals surface area contributed by atoms with Crippen LogP contribution in [0.4, 0.5) is 0 Å². The lowest BCUT2D eigenvalue weighted by atomic mass is 10.1. The summed E-state index contributed by atoms with van der Waals surface area (Å²) in [7, 11) is 2.88. The van der Waals surface area contributed by atoms with E-state index in [4.69, 9.17) is 43.4 Å². The molecule has 4 rings (SSSR count). The summed E-state index contributed by atoms with van der Waals surface area (Å²) in [6.45, 7) is -0.224. The fraction of sp³-hybridized carbons (Fsp3) is 0.120. The van der Waals surface area contributed by atoms with E-state index in [0.717, 1.165) is 0 Å². The van der Waals surface area contributed by atoms with Crippen molar-refractivity contribution in [3.05, 3.63) is 58.7 Å². The first kappa shape index (κ1) is 27.2. The first-order valence-electron chi connectivity index (χ1n) is 11.1. The van der Waals surface area contributed by atoms with Gasteiger partial charge in [-0.05, 0) is 72.0 Å². The van der Waals surface area contributed by atoms with E-state index in [1.165, 1.54) is 26.4 Å². The molecule has 0 bridgehead atoms. The summed E-state index contributed by atoms with van der Waals surface area (Å²) in [4.78, 5) is 48.3. The summed E-state index contributed by atoms with van der Waals surface area (Å²) in [6, 6.07) is 9.62. The molecule has 4 amide bonds. The van der Waals surface area contributed by atoms with Gasteiger partial charge in [-0.1, -0.05) is 12.1 Å². The average Bonchev–Trinajstić information content (AvgIpc) is 2.89. The van der Waals surface area contributed by atoms with E-state index < -0.39 is 23.6 Å². The van der Waals surface area contributed by atoms with Gasteiger partial charge >= 0.3 is 0 Å². The Bertz CT molecular complexity index is 1330. The van der Waals surface area contributed by atoms with Crippen LogP contribution in [0.5, 0.6) is 23.0 Å². The number of methoxy groups -OCH3 is 2. The Hall–Kier alpha value is -4.82. The molecule has 200 valence electrons. The van der Waals surface area contributed by atoms with Crippen molar-refractivity contribution in [3.63, 3.8) is 0 Å². The zero-order valence-corrected chi connectivity index (χ0v) is 22.0. The fourth-order valence-corrected chi connectivity index (χ4v) is 3.86. The molecular formula is C25H20N4O8S2. The molecule has 39 heavy (non-hydrogen) atoms. The van der Waals surface area contributed by atoms with Gasteiger partial charge in [-0.15, -0.1) is 0 Å². The van der Waals surface area contributed by atoms with Gasteiger partial charge in [0.25, 0.3) is 23.6 Å². The van der Waals surface area contributed by atoms with Gasteiger partial charge in [0.2, 0.25) is 6.79 Å². The molecule has 2 aromatic rings. The molecule has 2 heterocycles. The molecule has 4 N–H and O–H groups in total. The zero-order chi connectivity index (χ0) is 28.1. The van der Waals surface area contributed by atoms with Crippen molar-refractivity contribution in [2.45, 2.75) is 0 Å². The molecular weight excluding hydrogens is 548 g/mol. The second-order valence-corrected chi connectivity index (χ2v) is 8.63. The molecule has 0 unspecified atom stereocenters. The number of carbonyl (C=O) groups excluding carboxylic acids is 4. The van der Waals surface area contributed by atoms with Crippen molar-refractivity contribution in [2.24, 2.45) is 0 Å². The van der Waals surface area contributed by atoms with Crippen LogP contribution in [0, 0.1) is 0 Å². The Balaban J connectivity index is 1.44. The third-order valence-electron chi connectivity index (χ3n) is 5.31. The quantitative estimate of drug-likeness (QED) is 0.157. The topological polar surface area (TPSA) is 153 Å². The first-order valence-corrected chi connectivity index (χ1v) is 11.9. The number of hydrogen-bond acceptors (Lipinski definition) is 10. The minimum absolute atomic E-state index is 0.0547. The number of ether oxygens (including phenoxy) is 4. The molecule has 0 aromatic heterocycles. The minimum atomic E-state index is -0.609. The summed E-state index contributed by atoms with van der Waals surface area (Å²) >= 11 is 9.59. The Labute approximate surface area is 232 Å². The van der Waals surface area contributed by atoms with E-state index in [1.807, 2.05) is 0 Å². The minimum Gasteiger partial charge on any atom is -0.493 e. The number of benzene rings is 2. The largest absolute Gasteiger partial charge is 0.493 e. The summed E-state index contributed by atoms with van der Waals surface area (Å²) in [5, 5.41) is 9.36. The number of carbonyl (C=O) groups is 4. The molecule has 0 radical (unpaired) electrons. The van der Waals surface area contributed by atoms with Gasteiger partial charge < -0.3 is 18.9 Å². The molecule has 2 aromatic carbocycles. The van der Waals surface area contributed by atoms with Crippen molar-refractivity contribution in [1.82, 2.24) is 21.3 Å². The highest BCUT2D eigenvalue weighted by molar-refractivity contribution is 7.80. The smallest absolute Gasteiger partial charge is 0.263 e. The molecule has 0 aliphatic carbocycles. The van der Waals surface area contributed by atoms with Crippen molar-refractivity contribution in [3.8, 4) is 23.0 Å². The van der Waals surface area contributed by atoms with Crippen LogP contribution in [-0.4, -0.2) is 54.9 Å². The van der Waals surface area contributed by atoms with Crippen LogP contribution in [0.25, 0.3) is 12.2 Å². The molecule has 2 aliphatic rings. The number of amides is 4. The fourth-order valence-electron chi connectivity index (χ4n) is 3.49. The first-order chi connectivity index (χ1) is 18.7. The van der Waals surface area contributed by atoms with Gasteiger partial charge in [0, 0.05) is 0 Å². The molecule has 0 atom stereocenters. The predicted octanol–water partition coefficient (Wildman–Crippen LogP) is 0.948. The van der Waals surface area contributed by atoms with E-state index in [2.05, 4.69) is 21.3 Å². The van der Waals surface area contributed by atoms with E-state index in [-0.39, 0.29) is 28.2 Å². The summed E-state index contributed by atoms with van der Waals surface area (Å²) in [5.74, 6) is -1.10. The molecule has 12 nitrogen and oxygen atoms in total. The van der Waals surface area contributed by atoms with Gasteiger partial charge in [0.05, 0.1) is 14.2 Å². The normalized spacial score (nSPS) is 15.0. The number of thiocarbonyl (C=S) groups is 2. The third kappa shape index (κ3) is 6.37. The van der Waals surface area contributed by atoms with Crippen LogP contribution in [0.15, 0.2) is 47.5 Å². The van der Waals surface area contributed by atoms with Gasteiger partial charge in [-0.25, -0.2) is 0 Å². The Morgan fingerprint density at radius 2 is 0.974 bits per heavy atom. The lowest BCUT2D eigenvalue weighted by Gasteiger charge is -2.17. The lowest BCUT2D eigenvalue weighted by Crippen LogP contribution is -2.51. The van der Waals surface area contributed by atoms with Gasteiger partial charge in [-0.3, -0.25) is 40.4 Å². The highest BCUT2D eigenvalue weighted by atomic mass is 32.1. The second kappa shape index (κ2) is 11.7. The van der Waals surface area contributed by atoms with Crippen LogP contribution in [-0.2, 0) is 19.2 Å². The highest BCUT2D eigenvalue weighted by Gasteiger charge is 2.26. The van der Waals surface area contributed by atoms with Crippen LogP contribution in [0.3, 0.4) is 0 Å². The van der Waals surface area contributed by atoms with Crippen LogP contribution >= 0.6 is 24.4 Å². The molecule has 2 aliphatic heterocycles. The molecule has 0 spiro atoms. The van der Waals surface area contributed by atoms with Gasteiger partial charge in [0.15, 0.2) is 33.2 Å². The van der Waals surface area contributed by atoms with Crippen LogP contribution < -0.4 is 40.2 Å². The van der Waals surface area contributed by atoms with E-state index >= 15 is 0 Å². The number of nitrogens with one attached hydrogen (secondary N) is 4. The predicted molar refractivity (Wildman–Crippen MR) is 146 cm³/mol. The summed E-state index contributed by atoms with van der Waals surface area (Å²) < 4.78 is 22.1. The van der Waals surface area contributed by atoms with Crippen molar-refractivity contribution >= 4 is 70.4 Å². The Morgan fingerprint density at radius 3 is 1.31 bits per heavy atom. The van der Waals surface area contributed by atoms with Crippen molar-refractivity contribution < 1.29 is 38.1 Å². The average molecular weight is 569 g/mol. The maximum Gasteiger partial charge on any atom is 0.263 e. The number of rotatable bonds is 8. The monoisotopic (exact) mass is 568 g/mol. The highest BCUT2D eigenvalue weighted by Crippen LogP contribution is 2.32. The maximum absolute atomic E-state index is 12.1. The third-order valence-corrected chi connectivity index (χ3v) is 5.72.